The number of benzene rings is 1. The molecule has 2 aromatic rings. The minimum absolute atomic E-state index is 0.0938. The van der Waals surface area contributed by atoms with Gasteiger partial charge < -0.3 is 15.2 Å². The van der Waals surface area contributed by atoms with Crippen molar-refractivity contribution < 1.29 is 13.2 Å². The van der Waals surface area contributed by atoms with Gasteiger partial charge >= 0.3 is 6.18 Å². The Balaban J connectivity index is 1.63. The van der Waals surface area contributed by atoms with Gasteiger partial charge in [0.15, 0.2) is 5.96 Å². The Kier molecular flexibility index (Phi) is 7.17. The molecule has 1 heterocycles. The molecule has 0 amide bonds. The lowest BCUT2D eigenvalue weighted by Gasteiger charge is -2.31. The van der Waals surface area contributed by atoms with E-state index in [2.05, 4.69) is 32.7 Å². The van der Waals surface area contributed by atoms with Crippen molar-refractivity contribution in [1.29, 1.82) is 0 Å². The first-order chi connectivity index (χ1) is 14.0. The van der Waals surface area contributed by atoms with Gasteiger partial charge in [-0.25, -0.2) is 9.98 Å². The van der Waals surface area contributed by atoms with Crippen LogP contribution in [0.1, 0.15) is 44.0 Å². The maximum absolute atomic E-state index is 13.1. The molecule has 3 rings (SSSR count). The Bertz CT molecular complexity index is 785. The van der Waals surface area contributed by atoms with Gasteiger partial charge in [0.25, 0.3) is 0 Å². The molecular weight excluding hydrogens is 379 g/mol. The van der Waals surface area contributed by atoms with Crippen LogP contribution >= 0.6 is 0 Å². The average Bonchev–Trinajstić information content (AvgIpc) is 3.13. The molecule has 1 aromatic heterocycles. The molecule has 1 saturated carbocycles. The largest absolute Gasteiger partial charge is 0.391 e. The Labute approximate surface area is 169 Å². The van der Waals surface area contributed by atoms with Crippen molar-refractivity contribution in [3.63, 3.8) is 0 Å². The number of aromatic nitrogens is 2. The van der Waals surface area contributed by atoms with Gasteiger partial charge in [0.2, 0.25) is 0 Å². The molecule has 0 radical (unpaired) electrons. The van der Waals surface area contributed by atoms with Crippen LogP contribution in [-0.2, 0) is 13.1 Å². The number of aliphatic imine (C=N–C) groups is 1. The van der Waals surface area contributed by atoms with Crippen LogP contribution in [0.15, 0.2) is 47.7 Å². The Morgan fingerprint density at radius 1 is 1.24 bits per heavy atom. The molecule has 1 fully saturated rings. The lowest BCUT2D eigenvalue weighted by atomic mass is 9.85. The fourth-order valence-electron chi connectivity index (χ4n) is 3.70. The number of guanidine groups is 1. The molecule has 5 nitrogen and oxygen atoms in total. The highest BCUT2D eigenvalue weighted by atomic mass is 19.4. The van der Waals surface area contributed by atoms with Gasteiger partial charge in [0.05, 0.1) is 5.92 Å². The molecule has 1 aromatic carbocycles. The fourth-order valence-corrected chi connectivity index (χ4v) is 3.70. The van der Waals surface area contributed by atoms with Gasteiger partial charge in [-0.3, -0.25) is 0 Å². The van der Waals surface area contributed by atoms with E-state index in [0.29, 0.717) is 32.0 Å². The fraction of sp³-hybridized carbons (Fsp3) is 0.524. The van der Waals surface area contributed by atoms with E-state index in [9.17, 15) is 13.2 Å². The summed E-state index contributed by atoms with van der Waals surface area (Å²) in [6.07, 6.45) is 1.12. The molecule has 0 bridgehead atoms. The molecule has 2 unspecified atom stereocenters. The van der Waals surface area contributed by atoms with Gasteiger partial charge in [-0.2, -0.15) is 13.2 Å². The average molecular weight is 407 g/mol. The van der Waals surface area contributed by atoms with Crippen LogP contribution in [0.3, 0.4) is 0 Å². The first kappa shape index (κ1) is 21.2. The SMILES string of the molecule is CCNC(=NCc1nccn1Cc1ccccc1)NC1CCCC(C(F)(F)F)C1. The van der Waals surface area contributed by atoms with Crippen molar-refractivity contribution in [3.05, 3.63) is 54.1 Å². The zero-order valence-corrected chi connectivity index (χ0v) is 16.6. The van der Waals surface area contributed by atoms with Crippen molar-refractivity contribution in [2.45, 2.75) is 57.9 Å². The highest BCUT2D eigenvalue weighted by Gasteiger charge is 2.42. The standard InChI is InChI=1S/C21H28F3N5/c1-2-25-20(28-18-10-6-9-17(13-18)21(22,23)24)27-14-19-26-11-12-29(19)15-16-7-4-3-5-8-16/h3-5,7-8,11-12,17-18H,2,6,9-10,13-15H2,1H3,(H2,25,27,28). The molecule has 29 heavy (non-hydrogen) atoms. The highest BCUT2D eigenvalue weighted by molar-refractivity contribution is 5.80. The second-order valence-corrected chi connectivity index (χ2v) is 7.40. The van der Waals surface area contributed by atoms with Crippen LogP contribution in [0.25, 0.3) is 0 Å². The van der Waals surface area contributed by atoms with Crippen LogP contribution < -0.4 is 10.6 Å². The first-order valence-corrected chi connectivity index (χ1v) is 10.1. The van der Waals surface area contributed by atoms with Crippen LogP contribution in [0.4, 0.5) is 13.2 Å². The van der Waals surface area contributed by atoms with Gasteiger partial charge in [-0.15, -0.1) is 0 Å². The van der Waals surface area contributed by atoms with Crippen LogP contribution in [0.2, 0.25) is 0 Å². The lowest BCUT2D eigenvalue weighted by Crippen LogP contribution is -2.46. The minimum Gasteiger partial charge on any atom is -0.357 e. The molecule has 8 heteroatoms. The van der Waals surface area contributed by atoms with Crippen LogP contribution in [0, 0.1) is 5.92 Å². The smallest absolute Gasteiger partial charge is 0.357 e. The topological polar surface area (TPSA) is 54.2 Å². The number of nitrogens with zero attached hydrogens (tertiary/aromatic N) is 3. The second kappa shape index (κ2) is 9.80. The minimum atomic E-state index is -4.13. The molecule has 1 aliphatic rings. The van der Waals surface area contributed by atoms with Crippen molar-refractivity contribution in [2.75, 3.05) is 6.54 Å². The molecule has 0 saturated heterocycles. The maximum atomic E-state index is 13.1. The summed E-state index contributed by atoms with van der Waals surface area (Å²) in [6, 6.07) is 9.85. The van der Waals surface area contributed by atoms with Crippen molar-refractivity contribution in [2.24, 2.45) is 10.9 Å². The van der Waals surface area contributed by atoms with Gasteiger partial charge in [-0.1, -0.05) is 36.8 Å². The molecule has 2 atom stereocenters. The van der Waals surface area contributed by atoms with E-state index in [1.165, 1.54) is 5.56 Å². The molecule has 2 N–H and O–H groups in total. The van der Waals surface area contributed by atoms with Crippen molar-refractivity contribution in [3.8, 4) is 0 Å². The molecule has 158 valence electrons. The summed E-state index contributed by atoms with van der Waals surface area (Å²) in [5, 5.41) is 6.33. The summed E-state index contributed by atoms with van der Waals surface area (Å²) in [7, 11) is 0. The monoisotopic (exact) mass is 407 g/mol. The second-order valence-electron chi connectivity index (χ2n) is 7.40. The summed E-state index contributed by atoms with van der Waals surface area (Å²) >= 11 is 0. The first-order valence-electron chi connectivity index (χ1n) is 10.1. The molecule has 0 spiro atoms. The normalized spacial score (nSPS) is 20.5. The molecule has 1 aliphatic carbocycles. The lowest BCUT2D eigenvalue weighted by molar-refractivity contribution is -0.183. The maximum Gasteiger partial charge on any atom is 0.391 e. The zero-order valence-electron chi connectivity index (χ0n) is 16.6. The Hall–Kier alpha value is -2.51. The highest BCUT2D eigenvalue weighted by Crippen LogP contribution is 2.37. The number of imidazole rings is 1. The third kappa shape index (κ3) is 6.24. The third-order valence-corrected chi connectivity index (χ3v) is 5.20. The summed E-state index contributed by atoms with van der Waals surface area (Å²) < 4.78 is 41.2. The van der Waals surface area contributed by atoms with E-state index in [-0.39, 0.29) is 18.9 Å². The zero-order chi connectivity index (χ0) is 20.7. The van der Waals surface area contributed by atoms with E-state index in [0.717, 1.165) is 12.2 Å². The van der Waals surface area contributed by atoms with Crippen LogP contribution in [-0.4, -0.2) is 34.3 Å². The summed E-state index contributed by atoms with van der Waals surface area (Å²) in [6.45, 7) is 3.63. The predicted molar refractivity (Wildman–Crippen MR) is 108 cm³/mol. The van der Waals surface area contributed by atoms with Gasteiger partial charge in [0.1, 0.15) is 12.4 Å². The number of alkyl halides is 3. The summed E-state index contributed by atoms with van der Waals surface area (Å²) in [5.41, 5.74) is 1.17. The Morgan fingerprint density at radius 2 is 2.03 bits per heavy atom. The van der Waals surface area contributed by atoms with E-state index in [1.807, 2.05) is 35.9 Å². The number of halogens is 3. The van der Waals surface area contributed by atoms with E-state index >= 15 is 0 Å². The predicted octanol–water partition coefficient (Wildman–Crippen LogP) is 4.11. The molecule has 0 aliphatic heterocycles. The third-order valence-electron chi connectivity index (χ3n) is 5.20. The molecular formula is C21H28F3N5. The Morgan fingerprint density at radius 3 is 2.76 bits per heavy atom. The van der Waals surface area contributed by atoms with E-state index in [1.54, 1.807) is 6.20 Å². The van der Waals surface area contributed by atoms with E-state index < -0.39 is 12.1 Å². The number of hydrogen-bond acceptors (Lipinski definition) is 2. The van der Waals surface area contributed by atoms with Crippen LogP contribution in [0.5, 0.6) is 0 Å². The summed E-state index contributed by atoms with van der Waals surface area (Å²) in [4.78, 5) is 8.96. The summed E-state index contributed by atoms with van der Waals surface area (Å²) in [5.74, 6) is 0.110. The van der Waals surface area contributed by atoms with E-state index in [4.69, 9.17) is 0 Å². The number of nitrogens with one attached hydrogen (secondary N) is 2. The van der Waals surface area contributed by atoms with Gasteiger partial charge in [-0.05, 0) is 31.7 Å². The number of rotatable bonds is 6. The quantitative estimate of drug-likeness (QED) is 0.560. The van der Waals surface area contributed by atoms with Gasteiger partial charge in [0, 0.05) is 31.5 Å². The van der Waals surface area contributed by atoms with Crippen molar-refractivity contribution >= 4 is 5.96 Å². The number of hydrogen-bond donors (Lipinski definition) is 2. The van der Waals surface area contributed by atoms with Crippen molar-refractivity contribution in [1.82, 2.24) is 20.2 Å².